The fourth-order valence-electron chi connectivity index (χ4n) is 1.15. The van der Waals surface area contributed by atoms with Crippen molar-refractivity contribution in [2.24, 2.45) is 7.05 Å². The molecule has 0 radical (unpaired) electrons. The maximum absolute atomic E-state index is 12.0. The molecule has 0 amide bonds. The zero-order chi connectivity index (χ0) is 10.8. The molecule has 6 heteroatoms. The molecule has 0 unspecified atom stereocenters. The van der Waals surface area contributed by atoms with Crippen LogP contribution in [0.4, 0.5) is 13.2 Å². The van der Waals surface area contributed by atoms with E-state index in [1.165, 1.54) is 13.2 Å². The van der Waals surface area contributed by atoms with Crippen molar-refractivity contribution in [2.45, 2.75) is 26.1 Å². The number of alkyl halides is 3. The molecule has 1 aromatic rings. The molecule has 1 aromatic heterocycles. The molecule has 0 aliphatic heterocycles. The highest BCUT2D eigenvalue weighted by atomic mass is 19.4. The second-order valence-corrected chi connectivity index (χ2v) is 2.90. The molecular formula is C8H11F3N2O. The standard InChI is InChI=1S/C8H11F3N2O/c1-3-4-6-5-12-13(2)7(6)14-8(9,10)11/h5H,3-4H2,1-2H3. The first kappa shape index (κ1) is 10.9. The van der Waals surface area contributed by atoms with E-state index in [9.17, 15) is 13.2 Å². The van der Waals surface area contributed by atoms with Gasteiger partial charge in [-0.15, -0.1) is 13.2 Å². The maximum atomic E-state index is 12.0. The second-order valence-electron chi connectivity index (χ2n) is 2.90. The number of aromatic nitrogens is 2. The second kappa shape index (κ2) is 3.89. The van der Waals surface area contributed by atoms with E-state index in [0.717, 1.165) is 11.1 Å². The predicted molar refractivity (Wildman–Crippen MR) is 43.9 cm³/mol. The van der Waals surface area contributed by atoms with E-state index in [2.05, 4.69) is 9.84 Å². The average molecular weight is 208 g/mol. The Kier molecular flexibility index (Phi) is 3.03. The lowest BCUT2D eigenvalue weighted by Gasteiger charge is -2.10. The van der Waals surface area contributed by atoms with Crippen LogP contribution in [-0.4, -0.2) is 16.1 Å². The summed E-state index contributed by atoms with van der Waals surface area (Å²) in [6.45, 7) is 1.88. The van der Waals surface area contributed by atoms with E-state index in [1.807, 2.05) is 6.92 Å². The van der Waals surface area contributed by atoms with Gasteiger partial charge in [0.25, 0.3) is 0 Å². The van der Waals surface area contributed by atoms with Gasteiger partial charge < -0.3 is 4.74 Å². The van der Waals surface area contributed by atoms with Gasteiger partial charge >= 0.3 is 6.36 Å². The van der Waals surface area contributed by atoms with Gasteiger partial charge in [-0.3, -0.25) is 0 Å². The van der Waals surface area contributed by atoms with Crippen molar-refractivity contribution in [3.8, 4) is 5.88 Å². The van der Waals surface area contributed by atoms with Crippen LogP contribution in [0.1, 0.15) is 18.9 Å². The van der Waals surface area contributed by atoms with Crippen LogP contribution >= 0.6 is 0 Å². The minimum Gasteiger partial charge on any atom is -0.388 e. The Labute approximate surface area is 79.5 Å². The van der Waals surface area contributed by atoms with E-state index in [-0.39, 0.29) is 5.88 Å². The highest BCUT2D eigenvalue weighted by Crippen LogP contribution is 2.26. The van der Waals surface area contributed by atoms with Crippen LogP contribution < -0.4 is 4.74 Å². The molecule has 0 saturated heterocycles. The quantitative estimate of drug-likeness (QED) is 0.761. The number of hydrogen-bond acceptors (Lipinski definition) is 2. The number of rotatable bonds is 3. The Balaban J connectivity index is 2.88. The normalized spacial score (nSPS) is 11.8. The summed E-state index contributed by atoms with van der Waals surface area (Å²) in [6.07, 6.45) is -1.99. The zero-order valence-corrected chi connectivity index (χ0v) is 7.93. The first-order valence-electron chi connectivity index (χ1n) is 4.20. The first-order valence-corrected chi connectivity index (χ1v) is 4.20. The van der Waals surface area contributed by atoms with Gasteiger partial charge in [0.1, 0.15) is 0 Å². The molecule has 0 saturated carbocycles. The van der Waals surface area contributed by atoms with Crippen LogP contribution in [0.3, 0.4) is 0 Å². The Bertz CT molecular complexity index is 306. The summed E-state index contributed by atoms with van der Waals surface area (Å²) in [5.41, 5.74) is 0.479. The average Bonchev–Trinajstić information content (AvgIpc) is 2.34. The summed E-state index contributed by atoms with van der Waals surface area (Å²) in [5, 5.41) is 3.71. The van der Waals surface area contributed by atoms with Gasteiger partial charge in [0.2, 0.25) is 5.88 Å². The molecule has 0 aromatic carbocycles. The van der Waals surface area contributed by atoms with Crippen LogP contribution in [0.2, 0.25) is 0 Å². The number of halogens is 3. The molecule has 0 aliphatic carbocycles. The number of aryl methyl sites for hydroxylation is 2. The van der Waals surface area contributed by atoms with E-state index in [1.54, 1.807) is 0 Å². The molecule has 0 fully saturated rings. The molecule has 1 rings (SSSR count). The lowest BCUT2D eigenvalue weighted by Crippen LogP contribution is -2.19. The minimum atomic E-state index is -4.66. The van der Waals surface area contributed by atoms with E-state index < -0.39 is 6.36 Å². The Morgan fingerprint density at radius 3 is 2.64 bits per heavy atom. The summed E-state index contributed by atoms with van der Waals surface area (Å²) < 4.78 is 40.8. The van der Waals surface area contributed by atoms with Gasteiger partial charge in [-0.25, -0.2) is 4.68 Å². The Morgan fingerprint density at radius 1 is 1.50 bits per heavy atom. The smallest absolute Gasteiger partial charge is 0.388 e. The zero-order valence-electron chi connectivity index (χ0n) is 7.93. The fourth-order valence-corrected chi connectivity index (χ4v) is 1.15. The molecule has 80 valence electrons. The van der Waals surface area contributed by atoms with E-state index in [0.29, 0.717) is 12.0 Å². The van der Waals surface area contributed by atoms with E-state index in [4.69, 9.17) is 0 Å². The van der Waals surface area contributed by atoms with Crippen molar-refractivity contribution in [1.29, 1.82) is 0 Å². The Hall–Kier alpha value is -1.20. The molecule has 0 aliphatic rings. The molecular weight excluding hydrogens is 197 g/mol. The summed E-state index contributed by atoms with van der Waals surface area (Å²) in [6, 6.07) is 0. The number of ether oxygens (including phenoxy) is 1. The van der Waals surface area contributed by atoms with Gasteiger partial charge in [0.05, 0.1) is 6.20 Å². The van der Waals surface area contributed by atoms with Crippen LogP contribution in [0.25, 0.3) is 0 Å². The summed E-state index contributed by atoms with van der Waals surface area (Å²) >= 11 is 0. The van der Waals surface area contributed by atoms with Gasteiger partial charge in [-0.05, 0) is 6.42 Å². The van der Waals surface area contributed by atoms with Gasteiger partial charge in [0.15, 0.2) is 0 Å². The molecule has 0 spiro atoms. The highest BCUT2D eigenvalue weighted by Gasteiger charge is 2.33. The highest BCUT2D eigenvalue weighted by molar-refractivity contribution is 5.24. The Morgan fingerprint density at radius 2 is 2.14 bits per heavy atom. The van der Waals surface area contributed by atoms with Crippen molar-refractivity contribution in [3.05, 3.63) is 11.8 Å². The largest absolute Gasteiger partial charge is 0.574 e. The fraction of sp³-hybridized carbons (Fsp3) is 0.625. The molecule has 0 atom stereocenters. The van der Waals surface area contributed by atoms with Crippen molar-refractivity contribution < 1.29 is 17.9 Å². The van der Waals surface area contributed by atoms with E-state index >= 15 is 0 Å². The molecule has 14 heavy (non-hydrogen) atoms. The SMILES string of the molecule is CCCc1cnn(C)c1OC(F)(F)F. The summed E-state index contributed by atoms with van der Waals surface area (Å²) in [4.78, 5) is 0. The van der Waals surface area contributed by atoms with Crippen molar-refractivity contribution >= 4 is 0 Å². The first-order chi connectivity index (χ1) is 6.44. The third-order valence-electron chi connectivity index (χ3n) is 1.69. The molecule has 0 bridgehead atoms. The molecule has 1 heterocycles. The van der Waals surface area contributed by atoms with Crippen LogP contribution in [0.15, 0.2) is 6.20 Å². The lowest BCUT2D eigenvalue weighted by molar-refractivity contribution is -0.277. The van der Waals surface area contributed by atoms with Crippen LogP contribution in [0, 0.1) is 0 Å². The summed E-state index contributed by atoms with van der Waals surface area (Å²) in [5.74, 6) is -0.223. The van der Waals surface area contributed by atoms with Gasteiger partial charge in [-0.1, -0.05) is 13.3 Å². The van der Waals surface area contributed by atoms with Crippen LogP contribution in [-0.2, 0) is 13.5 Å². The lowest BCUT2D eigenvalue weighted by atomic mass is 10.2. The monoisotopic (exact) mass is 208 g/mol. The minimum absolute atomic E-state index is 0.223. The summed E-state index contributed by atoms with van der Waals surface area (Å²) in [7, 11) is 1.42. The molecule has 0 N–H and O–H groups in total. The predicted octanol–water partition coefficient (Wildman–Crippen LogP) is 2.27. The van der Waals surface area contributed by atoms with Crippen molar-refractivity contribution in [1.82, 2.24) is 9.78 Å². The number of hydrogen-bond donors (Lipinski definition) is 0. The van der Waals surface area contributed by atoms with Crippen molar-refractivity contribution in [3.63, 3.8) is 0 Å². The third-order valence-corrected chi connectivity index (χ3v) is 1.69. The van der Waals surface area contributed by atoms with Crippen molar-refractivity contribution in [2.75, 3.05) is 0 Å². The van der Waals surface area contributed by atoms with Crippen LogP contribution in [0.5, 0.6) is 5.88 Å². The topological polar surface area (TPSA) is 27.1 Å². The molecule has 3 nitrogen and oxygen atoms in total. The van der Waals surface area contributed by atoms with Gasteiger partial charge in [0, 0.05) is 12.6 Å². The number of nitrogens with zero attached hydrogens (tertiary/aromatic N) is 2. The maximum Gasteiger partial charge on any atom is 0.574 e. The third kappa shape index (κ3) is 2.65. The van der Waals surface area contributed by atoms with Gasteiger partial charge in [-0.2, -0.15) is 5.10 Å².